The van der Waals surface area contributed by atoms with E-state index >= 15 is 0 Å². The fourth-order valence-corrected chi connectivity index (χ4v) is 5.12. The number of ether oxygens (including phenoxy) is 7. The molecule has 0 N–H and O–H groups in total. The van der Waals surface area contributed by atoms with Crippen LogP contribution in [-0.2, 0) is 38.0 Å². The lowest BCUT2D eigenvalue weighted by molar-refractivity contribution is -0.235. The second-order valence-corrected chi connectivity index (χ2v) is 9.61. The summed E-state index contributed by atoms with van der Waals surface area (Å²) in [4.78, 5) is 12.1. The Morgan fingerprint density at radius 1 is 0.967 bits per heavy atom. The van der Waals surface area contributed by atoms with E-state index in [-0.39, 0.29) is 5.76 Å². The zero-order valence-corrected chi connectivity index (χ0v) is 17.8. The van der Waals surface area contributed by atoms with Crippen LogP contribution in [0.5, 0.6) is 0 Å². The van der Waals surface area contributed by atoms with Gasteiger partial charge in [0.2, 0.25) is 5.83 Å². The highest BCUT2D eigenvalue weighted by Crippen LogP contribution is 2.48. The Hall–Kier alpha value is -1.26. The van der Waals surface area contributed by atoms with Gasteiger partial charge in [0.1, 0.15) is 12.2 Å². The van der Waals surface area contributed by atoms with Crippen LogP contribution < -0.4 is 0 Å². The van der Waals surface area contributed by atoms with E-state index in [1.54, 1.807) is 13.8 Å². The molecule has 30 heavy (non-hydrogen) atoms. The molecule has 1 aliphatic carbocycles. The predicted molar refractivity (Wildman–Crippen MR) is 98.5 cm³/mol. The van der Waals surface area contributed by atoms with Crippen molar-refractivity contribution in [2.75, 3.05) is 6.61 Å². The van der Waals surface area contributed by atoms with Gasteiger partial charge in [0, 0.05) is 0 Å². The number of esters is 1. The number of rotatable bonds is 3. The van der Waals surface area contributed by atoms with Gasteiger partial charge in [-0.3, -0.25) is 0 Å². The van der Waals surface area contributed by atoms with Gasteiger partial charge in [-0.2, -0.15) is 4.39 Å². The fraction of sp³-hybridized carbons (Fsp3) is 0.857. The van der Waals surface area contributed by atoms with Gasteiger partial charge in [0.05, 0.1) is 6.61 Å². The van der Waals surface area contributed by atoms with Crippen LogP contribution in [0.2, 0.25) is 0 Å². The molecule has 9 heteroatoms. The van der Waals surface area contributed by atoms with Crippen molar-refractivity contribution in [3.05, 3.63) is 11.6 Å². The van der Waals surface area contributed by atoms with E-state index in [0.29, 0.717) is 19.4 Å². The summed E-state index contributed by atoms with van der Waals surface area (Å²) in [5.41, 5.74) is -1.05. The lowest BCUT2D eigenvalue weighted by atomic mass is 9.83. The average molecular weight is 428 g/mol. The third kappa shape index (κ3) is 3.35. The van der Waals surface area contributed by atoms with Crippen molar-refractivity contribution in [3.63, 3.8) is 0 Å². The zero-order valence-electron chi connectivity index (χ0n) is 17.8. The average Bonchev–Trinajstić information content (AvgIpc) is 3.33. The molecule has 4 fully saturated rings. The van der Waals surface area contributed by atoms with Crippen molar-refractivity contribution in [1.29, 1.82) is 0 Å². The minimum Gasteiger partial charge on any atom is -0.481 e. The molecule has 5 aliphatic rings. The molecule has 0 amide bonds. The molecular weight excluding hydrogens is 399 g/mol. The van der Waals surface area contributed by atoms with Crippen LogP contribution in [0.1, 0.15) is 59.8 Å². The molecule has 4 aliphatic heterocycles. The Morgan fingerprint density at radius 3 is 2.37 bits per heavy atom. The highest BCUT2D eigenvalue weighted by molar-refractivity contribution is 5.90. The molecule has 168 valence electrons. The van der Waals surface area contributed by atoms with Crippen LogP contribution in [0, 0.1) is 0 Å². The Labute approximate surface area is 174 Å². The maximum absolute atomic E-state index is 14.9. The summed E-state index contributed by atoms with van der Waals surface area (Å²) >= 11 is 0. The van der Waals surface area contributed by atoms with Gasteiger partial charge in [-0.05, 0) is 53.4 Å². The SMILES string of the molecule is CC1(C)O[C@H]2O[C@H]([C@@H]3COC(C)(C)O3)[C@H](OC3=C(F)C(=O)OC34CCCCC4)[C@H]2O1. The topological polar surface area (TPSA) is 81.7 Å². The van der Waals surface area contributed by atoms with Gasteiger partial charge in [0.25, 0.3) is 0 Å². The summed E-state index contributed by atoms with van der Waals surface area (Å²) in [5.74, 6) is -3.62. The molecule has 8 nitrogen and oxygen atoms in total. The van der Waals surface area contributed by atoms with Crippen molar-refractivity contribution in [2.24, 2.45) is 0 Å². The van der Waals surface area contributed by atoms with Gasteiger partial charge in [-0.1, -0.05) is 6.42 Å². The summed E-state index contributed by atoms with van der Waals surface area (Å²) in [6.45, 7) is 7.49. The largest absolute Gasteiger partial charge is 0.481 e. The molecule has 0 unspecified atom stereocenters. The third-order valence-corrected chi connectivity index (χ3v) is 6.42. The van der Waals surface area contributed by atoms with E-state index in [1.165, 1.54) is 0 Å². The molecule has 0 bridgehead atoms. The second-order valence-electron chi connectivity index (χ2n) is 9.61. The highest BCUT2D eigenvalue weighted by atomic mass is 19.1. The quantitative estimate of drug-likeness (QED) is 0.635. The van der Waals surface area contributed by atoms with Gasteiger partial charge in [-0.15, -0.1) is 0 Å². The Kier molecular flexibility index (Phi) is 4.72. The summed E-state index contributed by atoms with van der Waals surface area (Å²) < 4.78 is 56.3. The van der Waals surface area contributed by atoms with Crippen molar-refractivity contribution < 1.29 is 42.3 Å². The molecule has 3 saturated heterocycles. The molecule has 5 atom stereocenters. The van der Waals surface area contributed by atoms with E-state index in [9.17, 15) is 9.18 Å². The Balaban J connectivity index is 1.45. The lowest BCUT2D eigenvalue weighted by Gasteiger charge is -2.36. The molecule has 0 aromatic heterocycles. The van der Waals surface area contributed by atoms with Crippen molar-refractivity contribution in [1.82, 2.24) is 0 Å². The highest BCUT2D eigenvalue weighted by Gasteiger charge is 2.61. The number of hydrogen-bond donors (Lipinski definition) is 0. The first-order valence-electron chi connectivity index (χ1n) is 10.7. The molecular formula is C21H29FO8. The zero-order chi connectivity index (χ0) is 21.3. The van der Waals surface area contributed by atoms with E-state index < -0.39 is 59.7 Å². The maximum atomic E-state index is 14.9. The van der Waals surface area contributed by atoms with E-state index in [4.69, 9.17) is 33.2 Å². The van der Waals surface area contributed by atoms with Crippen molar-refractivity contribution in [3.8, 4) is 0 Å². The monoisotopic (exact) mass is 428 g/mol. The number of fused-ring (bicyclic) bond motifs is 1. The van der Waals surface area contributed by atoms with Crippen LogP contribution in [-0.4, -0.2) is 60.5 Å². The summed E-state index contributed by atoms with van der Waals surface area (Å²) in [7, 11) is 0. The number of carbonyl (C=O) groups excluding carboxylic acids is 1. The molecule has 0 aromatic carbocycles. The van der Waals surface area contributed by atoms with Crippen LogP contribution in [0.15, 0.2) is 11.6 Å². The van der Waals surface area contributed by atoms with Crippen LogP contribution in [0.3, 0.4) is 0 Å². The molecule has 1 spiro atoms. The van der Waals surface area contributed by atoms with E-state index in [2.05, 4.69) is 0 Å². The fourth-order valence-electron chi connectivity index (χ4n) is 5.12. The minimum atomic E-state index is -1.05. The van der Waals surface area contributed by atoms with Gasteiger partial charge in [-0.25, -0.2) is 4.79 Å². The summed E-state index contributed by atoms with van der Waals surface area (Å²) in [5, 5.41) is 0. The van der Waals surface area contributed by atoms with Crippen LogP contribution in [0.4, 0.5) is 4.39 Å². The van der Waals surface area contributed by atoms with Gasteiger partial charge < -0.3 is 33.2 Å². The normalized spacial score (nSPS) is 41.4. The van der Waals surface area contributed by atoms with Crippen molar-refractivity contribution >= 4 is 5.97 Å². The third-order valence-electron chi connectivity index (χ3n) is 6.42. The van der Waals surface area contributed by atoms with E-state index in [0.717, 1.165) is 19.3 Å². The Bertz CT molecular complexity index is 756. The second kappa shape index (κ2) is 6.87. The standard InChI is InChI=1S/C21H29FO8/c1-19(2)24-10-11(27-19)13-14(15-18(26-13)30-20(3,4)28-15)25-16-12(22)17(23)29-21(16)8-6-5-7-9-21/h11,13-15,18H,5-10H2,1-4H3/t11-,13+,14-,15+,18+/m0/s1. The van der Waals surface area contributed by atoms with Crippen LogP contribution in [0.25, 0.3) is 0 Å². The molecule has 1 saturated carbocycles. The van der Waals surface area contributed by atoms with Gasteiger partial charge in [0.15, 0.2) is 41.4 Å². The molecule has 5 rings (SSSR count). The Morgan fingerprint density at radius 2 is 1.70 bits per heavy atom. The molecule has 4 heterocycles. The first-order valence-corrected chi connectivity index (χ1v) is 10.7. The molecule has 0 radical (unpaired) electrons. The lowest BCUT2D eigenvalue weighted by Crippen LogP contribution is -2.46. The van der Waals surface area contributed by atoms with Crippen LogP contribution >= 0.6 is 0 Å². The summed E-state index contributed by atoms with van der Waals surface area (Å²) in [6.07, 6.45) is 0.661. The van der Waals surface area contributed by atoms with Crippen molar-refractivity contribution in [2.45, 2.75) is 108 Å². The number of carbonyl (C=O) groups is 1. The maximum Gasteiger partial charge on any atom is 0.371 e. The first-order chi connectivity index (χ1) is 14.1. The van der Waals surface area contributed by atoms with E-state index in [1.807, 2.05) is 13.8 Å². The number of halogens is 1. The predicted octanol–water partition coefficient (Wildman–Crippen LogP) is 2.84. The van der Waals surface area contributed by atoms with Gasteiger partial charge >= 0.3 is 5.97 Å². The first kappa shape index (κ1) is 20.6. The molecule has 0 aromatic rings. The minimum absolute atomic E-state index is 0.0436. The smallest absolute Gasteiger partial charge is 0.371 e. The number of hydrogen-bond acceptors (Lipinski definition) is 8. The summed E-state index contributed by atoms with van der Waals surface area (Å²) in [6, 6.07) is 0.